The highest BCUT2D eigenvalue weighted by Gasteiger charge is 2.04. The molecule has 5 N–H and O–H groups in total. The lowest BCUT2D eigenvalue weighted by molar-refractivity contribution is 0.478. The molecule has 1 aliphatic rings. The predicted octanol–water partition coefficient (Wildman–Crippen LogP) is 3.36. The average Bonchev–Trinajstić information content (AvgIpc) is 2.49. The summed E-state index contributed by atoms with van der Waals surface area (Å²) in [6.07, 6.45) is 5.15. The van der Waals surface area contributed by atoms with Crippen LogP contribution < -0.4 is 10.6 Å². The van der Waals surface area contributed by atoms with Gasteiger partial charge in [0.25, 0.3) is 0 Å². The van der Waals surface area contributed by atoms with E-state index in [1.54, 1.807) is 24.3 Å². The molecule has 0 amide bonds. The molecule has 0 spiro atoms. The van der Waals surface area contributed by atoms with Gasteiger partial charge in [0.15, 0.2) is 0 Å². The molecular weight excluding hydrogens is 276 g/mol. The molecule has 0 saturated heterocycles. The molecule has 0 bridgehead atoms. The van der Waals surface area contributed by atoms with Gasteiger partial charge in [0.2, 0.25) is 0 Å². The van der Waals surface area contributed by atoms with Crippen molar-refractivity contribution < 1.29 is 5.11 Å². The number of nitrogens with zero attached hydrogens (tertiary/aromatic N) is 1. The number of rotatable bonds is 3. The Balaban J connectivity index is 0.000000235. The molecule has 0 fully saturated rings. The van der Waals surface area contributed by atoms with Gasteiger partial charge in [0.1, 0.15) is 5.75 Å². The van der Waals surface area contributed by atoms with Crippen molar-refractivity contribution in [1.82, 2.24) is 0 Å². The van der Waals surface area contributed by atoms with E-state index in [1.165, 1.54) is 0 Å². The van der Waals surface area contributed by atoms with Crippen molar-refractivity contribution in [2.24, 2.45) is 0 Å². The van der Waals surface area contributed by atoms with E-state index in [-0.39, 0.29) is 5.75 Å². The number of allylic oxidation sites excluding steroid dienone is 4. The van der Waals surface area contributed by atoms with Crippen LogP contribution in [-0.2, 0) is 0 Å². The van der Waals surface area contributed by atoms with E-state index in [1.807, 2.05) is 19.1 Å². The van der Waals surface area contributed by atoms with Crippen LogP contribution >= 0.6 is 0 Å². The van der Waals surface area contributed by atoms with Crippen LogP contribution in [0.15, 0.2) is 42.0 Å². The Kier molecular flexibility index (Phi) is 6.38. The molecule has 22 heavy (non-hydrogen) atoms. The van der Waals surface area contributed by atoms with Crippen LogP contribution in [0.5, 0.6) is 5.75 Å². The number of hydrogen-bond acceptors (Lipinski definition) is 5. The summed E-state index contributed by atoms with van der Waals surface area (Å²) < 4.78 is 0. The minimum atomic E-state index is 0.157. The maximum absolute atomic E-state index is 9.39. The third-order valence-corrected chi connectivity index (χ3v) is 3.32. The second-order valence-corrected chi connectivity index (χ2v) is 4.96. The van der Waals surface area contributed by atoms with Gasteiger partial charge in [0, 0.05) is 24.8 Å². The van der Waals surface area contributed by atoms with Crippen molar-refractivity contribution in [1.29, 1.82) is 10.8 Å². The van der Waals surface area contributed by atoms with Gasteiger partial charge in [-0.05, 0) is 50.6 Å². The number of phenols is 1. The topological polar surface area (TPSA) is 97.2 Å². The van der Waals surface area contributed by atoms with Crippen LogP contribution in [0.25, 0.3) is 0 Å². The van der Waals surface area contributed by atoms with Gasteiger partial charge in [0.05, 0.1) is 17.1 Å². The summed E-state index contributed by atoms with van der Waals surface area (Å²) in [5, 5.41) is 23.7. The summed E-state index contributed by atoms with van der Waals surface area (Å²) in [7, 11) is 0. The molecule has 0 heterocycles. The molecular formula is C17H24N4O. The Morgan fingerprint density at radius 3 is 2.18 bits per heavy atom. The van der Waals surface area contributed by atoms with Crippen LogP contribution in [-0.4, -0.2) is 29.6 Å². The minimum absolute atomic E-state index is 0.157. The average molecular weight is 300 g/mol. The molecule has 1 aromatic rings. The van der Waals surface area contributed by atoms with E-state index < -0.39 is 0 Å². The number of nitrogens with one attached hydrogen (secondary N) is 2. The summed E-state index contributed by atoms with van der Waals surface area (Å²) in [4.78, 5) is 2.15. The van der Waals surface area contributed by atoms with Gasteiger partial charge in [-0.3, -0.25) is 10.8 Å². The lowest BCUT2D eigenvalue weighted by Gasteiger charge is -2.21. The molecule has 0 saturated carbocycles. The van der Waals surface area contributed by atoms with E-state index in [0.29, 0.717) is 17.1 Å². The number of phenolic OH excluding ortho intramolecular Hbond substituents is 1. The van der Waals surface area contributed by atoms with Gasteiger partial charge in [-0.15, -0.1) is 0 Å². The highest BCUT2D eigenvalue weighted by Crippen LogP contribution is 2.25. The van der Waals surface area contributed by atoms with Crippen LogP contribution in [0.4, 0.5) is 11.4 Å². The van der Waals surface area contributed by atoms with E-state index in [0.717, 1.165) is 24.4 Å². The predicted molar refractivity (Wildman–Crippen MR) is 94.4 cm³/mol. The van der Waals surface area contributed by atoms with Crippen molar-refractivity contribution >= 4 is 22.8 Å². The Labute approximate surface area is 131 Å². The molecule has 2 rings (SSSR count). The van der Waals surface area contributed by atoms with Crippen LogP contribution in [0.1, 0.15) is 20.8 Å². The van der Waals surface area contributed by atoms with E-state index in [9.17, 15) is 5.11 Å². The third-order valence-electron chi connectivity index (χ3n) is 3.32. The van der Waals surface area contributed by atoms with E-state index in [4.69, 9.17) is 16.6 Å². The number of nitrogens with two attached hydrogens (primary N) is 1. The maximum Gasteiger partial charge on any atom is 0.140 e. The van der Waals surface area contributed by atoms with Gasteiger partial charge < -0.3 is 15.7 Å². The smallest absolute Gasteiger partial charge is 0.140 e. The van der Waals surface area contributed by atoms with Gasteiger partial charge in [-0.1, -0.05) is 6.08 Å². The number of nitrogen functional groups attached to an aromatic ring is 1. The molecule has 0 radical (unpaired) electrons. The standard InChI is InChI=1S/C10H16N2O.C7H8N2/c1-3-12(4-2)8-5-6-9(11)10(13)7-8;1-5-2-3-6(8)7(9)4-5/h5-7,13H,3-4,11H2,1-2H3;2-4,8-9H,1H3. The molecule has 5 heteroatoms. The number of aromatic hydroxyl groups is 1. The van der Waals surface area contributed by atoms with Crippen molar-refractivity contribution in [2.45, 2.75) is 20.8 Å². The first-order chi connectivity index (χ1) is 10.4. The number of benzene rings is 1. The Bertz CT molecular complexity index is 613. The molecule has 0 unspecified atom stereocenters. The zero-order chi connectivity index (χ0) is 16.7. The molecule has 0 aromatic heterocycles. The van der Waals surface area contributed by atoms with Crippen molar-refractivity contribution in [3.05, 3.63) is 42.0 Å². The summed E-state index contributed by atoms with van der Waals surface area (Å²) >= 11 is 0. The summed E-state index contributed by atoms with van der Waals surface area (Å²) in [5.74, 6) is 0.157. The van der Waals surface area contributed by atoms with Crippen molar-refractivity contribution in [3.8, 4) is 5.75 Å². The molecule has 5 nitrogen and oxygen atoms in total. The second-order valence-electron chi connectivity index (χ2n) is 4.96. The third kappa shape index (κ3) is 4.77. The molecule has 0 atom stereocenters. The summed E-state index contributed by atoms with van der Waals surface area (Å²) in [5.41, 5.74) is 8.57. The van der Waals surface area contributed by atoms with Crippen LogP contribution in [0.3, 0.4) is 0 Å². The SMILES string of the molecule is CC1=CC(=N)C(=N)C=C1.CCN(CC)c1ccc(N)c(O)c1. The quantitative estimate of drug-likeness (QED) is 0.391. The molecule has 1 aliphatic carbocycles. The Hall–Kier alpha value is -2.56. The number of hydrogen-bond donors (Lipinski definition) is 4. The van der Waals surface area contributed by atoms with Gasteiger partial charge in [-0.2, -0.15) is 0 Å². The van der Waals surface area contributed by atoms with Gasteiger partial charge >= 0.3 is 0 Å². The fourth-order valence-corrected chi connectivity index (χ4v) is 1.98. The lowest BCUT2D eigenvalue weighted by atomic mass is 10.1. The fraction of sp³-hybridized carbons (Fsp3) is 0.294. The fourth-order valence-electron chi connectivity index (χ4n) is 1.98. The Morgan fingerprint density at radius 2 is 1.73 bits per heavy atom. The van der Waals surface area contributed by atoms with Crippen LogP contribution in [0, 0.1) is 10.8 Å². The lowest BCUT2D eigenvalue weighted by Crippen LogP contribution is -2.21. The zero-order valence-electron chi connectivity index (χ0n) is 13.4. The molecule has 0 aliphatic heterocycles. The van der Waals surface area contributed by atoms with Gasteiger partial charge in [-0.25, -0.2) is 0 Å². The molecule has 1 aromatic carbocycles. The summed E-state index contributed by atoms with van der Waals surface area (Å²) in [6, 6.07) is 5.34. The summed E-state index contributed by atoms with van der Waals surface area (Å²) in [6.45, 7) is 7.94. The van der Waals surface area contributed by atoms with Crippen LogP contribution in [0.2, 0.25) is 0 Å². The highest BCUT2D eigenvalue weighted by atomic mass is 16.3. The van der Waals surface area contributed by atoms with E-state index in [2.05, 4.69) is 18.7 Å². The second kappa shape index (κ2) is 8.02. The largest absolute Gasteiger partial charge is 0.506 e. The molecule has 118 valence electrons. The zero-order valence-corrected chi connectivity index (χ0v) is 13.4. The Morgan fingerprint density at radius 1 is 1.09 bits per heavy atom. The minimum Gasteiger partial charge on any atom is -0.506 e. The normalized spacial score (nSPS) is 13.3. The van der Waals surface area contributed by atoms with E-state index >= 15 is 0 Å². The monoisotopic (exact) mass is 300 g/mol. The maximum atomic E-state index is 9.39. The number of anilines is 2. The first kappa shape index (κ1) is 17.5. The highest BCUT2D eigenvalue weighted by molar-refractivity contribution is 6.49. The first-order valence-corrected chi connectivity index (χ1v) is 7.26. The first-order valence-electron chi connectivity index (χ1n) is 7.26. The van der Waals surface area contributed by atoms with Crippen molar-refractivity contribution in [2.75, 3.05) is 23.7 Å². The van der Waals surface area contributed by atoms with Crippen molar-refractivity contribution in [3.63, 3.8) is 0 Å².